The highest BCUT2D eigenvalue weighted by atomic mass is 16.5. The van der Waals surface area contributed by atoms with Gasteiger partial charge in [-0.05, 0) is 6.42 Å². The molecule has 0 atom stereocenters. The van der Waals surface area contributed by atoms with Crippen molar-refractivity contribution < 1.29 is 14.6 Å². The van der Waals surface area contributed by atoms with E-state index < -0.39 is 5.97 Å². The number of hydrogen-bond acceptors (Lipinski definition) is 5. The molecule has 1 N–H and O–H groups in total. The van der Waals surface area contributed by atoms with Crippen LogP contribution in [0, 0.1) is 0 Å². The lowest BCUT2D eigenvalue weighted by atomic mass is 10.2. The van der Waals surface area contributed by atoms with E-state index in [0.29, 0.717) is 18.7 Å². The number of carbonyl (C=O) groups is 1. The quantitative estimate of drug-likeness (QED) is 0.788. The van der Waals surface area contributed by atoms with Crippen molar-refractivity contribution in [3.05, 3.63) is 11.4 Å². The lowest BCUT2D eigenvalue weighted by molar-refractivity contribution is 0.0358. The number of carboxylic acid groups (broad SMARTS) is 1. The first-order chi connectivity index (χ1) is 8.72. The molecule has 0 aliphatic carbocycles. The van der Waals surface area contributed by atoms with E-state index in [0.717, 1.165) is 32.8 Å². The highest BCUT2D eigenvalue weighted by Crippen LogP contribution is 2.07. The van der Waals surface area contributed by atoms with Gasteiger partial charge in [-0.25, -0.2) is 9.48 Å². The van der Waals surface area contributed by atoms with Crippen LogP contribution in [0.25, 0.3) is 0 Å². The van der Waals surface area contributed by atoms with Gasteiger partial charge in [0.05, 0.1) is 25.5 Å². The summed E-state index contributed by atoms with van der Waals surface area (Å²) in [4.78, 5) is 13.2. The molecule has 18 heavy (non-hydrogen) atoms. The first-order valence-corrected chi connectivity index (χ1v) is 6.18. The molecule has 1 saturated heterocycles. The number of ether oxygens (including phenoxy) is 1. The van der Waals surface area contributed by atoms with Crippen LogP contribution in [0.2, 0.25) is 0 Å². The highest BCUT2D eigenvalue weighted by molar-refractivity contribution is 5.86. The van der Waals surface area contributed by atoms with Crippen LogP contribution in [0.4, 0.5) is 0 Å². The number of carboxylic acids is 1. The molecule has 0 amide bonds. The summed E-state index contributed by atoms with van der Waals surface area (Å²) in [5.74, 6) is -1.01. The zero-order chi connectivity index (χ0) is 13.0. The second-order valence-corrected chi connectivity index (χ2v) is 4.22. The molecule has 1 fully saturated rings. The Morgan fingerprint density at radius 3 is 2.72 bits per heavy atom. The van der Waals surface area contributed by atoms with Crippen molar-refractivity contribution in [2.75, 3.05) is 32.8 Å². The molecule has 2 heterocycles. The van der Waals surface area contributed by atoms with Crippen molar-refractivity contribution in [1.29, 1.82) is 0 Å². The second-order valence-electron chi connectivity index (χ2n) is 4.22. The Hall–Kier alpha value is -1.47. The number of nitrogens with zero attached hydrogens (tertiary/aromatic N) is 4. The van der Waals surface area contributed by atoms with E-state index in [1.807, 2.05) is 6.92 Å². The summed E-state index contributed by atoms with van der Waals surface area (Å²) in [5.41, 5.74) is 0.759. The minimum absolute atomic E-state index is 0.0690. The van der Waals surface area contributed by atoms with Gasteiger partial charge < -0.3 is 9.84 Å². The van der Waals surface area contributed by atoms with Crippen molar-refractivity contribution in [1.82, 2.24) is 19.9 Å². The van der Waals surface area contributed by atoms with Gasteiger partial charge in [-0.3, -0.25) is 4.90 Å². The molecule has 7 heteroatoms. The van der Waals surface area contributed by atoms with E-state index in [1.54, 1.807) is 4.68 Å². The topological polar surface area (TPSA) is 80.5 Å². The third-order valence-corrected chi connectivity index (χ3v) is 3.11. The van der Waals surface area contributed by atoms with Crippen LogP contribution in [-0.4, -0.2) is 63.8 Å². The van der Waals surface area contributed by atoms with Gasteiger partial charge in [-0.15, -0.1) is 5.10 Å². The molecule has 0 spiro atoms. The first-order valence-electron chi connectivity index (χ1n) is 6.18. The standard InChI is InChI=1S/C11H18N4O3/c1-2-9-10(11(16)17)12-13-15(9)4-3-14-5-7-18-8-6-14/h2-8H2,1H3,(H,16,17). The Balaban J connectivity index is 1.98. The number of rotatable bonds is 5. The normalized spacial score (nSPS) is 16.9. The maximum Gasteiger partial charge on any atom is 0.358 e. The molecule has 1 aliphatic rings. The average Bonchev–Trinajstić information content (AvgIpc) is 2.80. The Bertz CT molecular complexity index is 412. The Morgan fingerprint density at radius 2 is 2.11 bits per heavy atom. The largest absolute Gasteiger partial charge is 0.476 e. The summed E-state index contributed by atoms with van der Waals surface area (Å²) < 4.78 is 6.97. The molecule has 1 aromatic heterocycles. The molecule has 0 bridgehead atoms. The molecule has 7 nitrogen and oxygen atoms in total. The SMILES string of the molecule is CCc1c(C(=O)O)nnn1CCN1CCOCC1. The number of hydrogen-bond donors (Lipinski definition) is 1. The first kappa shape index (κ1) is 13.0. The number of aromatic nitrogens is 3. The Kier molecular flexibility index (Phi) is 4.27. The minimum atomic E-state index is -1.01. The van der Waals surface area contributed by atoms with Crippen LogP contribution < -0.4 is 0 Å². The van der Waals surface area contributed by atoms with Crippen LogP contribution in [0.15, 0.2) is 0 Å². The van der Waals surface area contributed by atoms with Crippen LogP contribution in [-0.2, 0) is 17.7 Å². The molecular formula is C11H18N4O3. The van der Waals surface area contributed by atoms with Crippen LogP contribution in [0.3, 0.4) is 0 Å². The van der Waals surface area contributed by atoms with Gasteiger partial charge in [-0.2, -0.15) is 0 Å². The van der Waals surface area contributed by atoms with Crippen molar-refractivity contribution >= 4 is 5.97 Å². The van der Waals surface area contributed by atoms with E-state index in [1.165, 1.54) is 0 Å². The van der Waals surface area contributed by atoms with E-state index in [9.17, 15) is 4.79 Å². The molecule has 1 aromatic rings. The molecule has 2 rings (SSSR count). The second kappa shape index (κ2) is 5.92. The predicted octanol–water partition coefficient (Wildman–Crippen LogP) is -0.129. The van der Waals surface area contributed by atoms with Crippen molar-refractivity contribution in [3.63, 3.8) is 0 Å². The lowest BCUT2D eigenvalue weighted by Crippen LogP contribution is -2.38. The highest BCUT2D eigenvalue weighted by Gasteiger charge is 2.18. The predicted molar refractivity (Wildman–Crippen MR) is 63.6 cm³/mol. The van der Waals surface area contributed by atoms with E-state index in [4.69, 9.17) is 9.84 Å². The third-order valence-electron chi connectivity index (χ3n) is 3.11. The van der Waals surface area contributed by atoms with Crippen LogP contribution in [0.1, 0.15) is 23.1 Å². The summed E-state index contributed by atoms with van der Waals surface area (Å²) in [6, 6.07) is 0. The summed E-state index contributed by atoms with van der Waals surface area (Å²) in [6.45, 7) is 6.79. The molecule has 0 saturated carbocycles. The summed E-state index contributed by atoms with van der Waals surface area (Å²) in [5, 5.41) is 16.6. The minimum Gasteiger partial charge on any atom is -0.476 e. The van der Waals surface area contributed by atoms with Gasteiger partial charge in [0.1, 0.15) is 0 Å². The van der Waals surface area contributed by atoms with Gasteiger partial charge in [0.15, 0.2) is 5.69 Å². The Labute approximate surface area is 105 Å². The van der Waals surface area contributed by atoms with Gasteiger partial charge in [-0.1, -0.05) is 12.1 Å². The van der Waals surface area contributed by atoms with Crippen LogP contribution >= 0.6 is 0 Å². The zero-order valence-electron chi connectivity index (χ0n) is 10.5. The molecule has 0 unspecified atom stereocenters. The molecule has 1 aliphatic heterocycles. The van der Waals surface area contributed by atoms with Gasteiger partial charge in [0.25, 0.3) is 0 Å². The van der Waals surface area contributed by atoms with Gasteiger partial charge in [0.2, 0.25) is 0 Å². The lowest BCUT2D eigenvalue weighted by Gasteiger charge is -2.26. The van der Waals surface area contributed by atoms with E-state index >= 15 is 0 Å². The summed E-state index contributed by atoms with van der Waals surface area (Å²) in [6.07, 6.45) is 0.623. The third kappa shape index (κ3) is 2.85. The fourth-order valence-corrected chi connectivity index (χ4v) is 2.09. The van der Waals surface area contributed by atoms with E-state index in [-0.39, 0.29) is 5.69 Å². The van der Waals surface area contributed by atoms with Crippen molar-refractivity contribution in [3.8, 4) is 0 Å². The average molecular weight is 254 g/mol. The number of aromatic carboxylic acids is 1. The fraction of sp³-hybridized carbons (Fsp3) is 0.727. The number of morpholine rings is 1. The molecule has 0 aromatic carbocycles. The maximum absolute atomic E-state index is 11.0. The van der Waals surface area contributed by atoms with Crippen molar-refractivity contribution in [2.24, 2.45) is 0 Å². The molecule has 100 valence electrons. The maximum atomic E-state index is 11.0. The van der Waals surface area contributed by atoms with Gasteiger partial charge >= 0.3 is 5.97 Å². The van der Waals surface area contributed by atoms with Gasteiger partial charge in [0, 0.05) is 19.6 Å². The molecule has 0 radical (unpaired) electrons. The smallest absolute Gasteiger partial charge is 0.358 e. The fourth-order valence-electron chi connectivity index (χ4n) is 2.09. The summed E-state index contributed by atoms with van der Waals surface area (Å²) in [7, 11) is 0. The van der Waals surface area contributed by atoms with E-state index in [2.05, 4.69) is 15.2 Å². The van der Waals surface area contributed by atoms with Crippen molar-refractivity contribution in [2.45, 2.75) is 19.9 Å². The van der Waals surface area contributed by atoms with Crippen LogP contribution in [0.5, 0.6) is 0 Å². The summed E-state index contributed by atoms with van der Waals surface area (Å²) >= 11 is 0. The molecular weight excluding hydrogens is 236 g/mol. The zero-order valence-corrected chi connectivity index (χ0v) is 10.5. The Morgan fingerprint density at radius 1 is 1.39 bits per heavy atom. The monoisotopic (exact) mass is 254 g/mol.